The summed E-state index contributed by atoms with van der Waals surface area (Å²) in [6.45, 7) is 5.21. The first kappa shape index (κ1) is 17.2. The molecule has 0 aliphatic heterocycles. The molecule has 0 atom stereocenters. The quantitative estimate of drug-likeness (QED) is 0.749. The summed E-state index contributed by atoms with van der Waals surface area (Å²) in [5.74, 6) is 0.432. The van der Waals surface area contributed by atoms with E-state index in [0.717, 1.165) is 16.6 Å². The Bertz CT molecular complexity index is 998. The first-order valence-corrected chi connectivity index (χ1v) is 8.27. The van der Waals surface area contributed by atoms with Crippen LogP contribution in [-0.2, 0) is 0 Å². The highest BCUT2D eigenvalue weighted by Crippen LogP contribution is 2.24. The summed E-state index contributed by atoms with van der Waals surface area (Å²) in [6, 6.07) is 9.42. The molecule has 0 spiro atoms. The molecule has 0 saturated carbocycles. The molecule has 8 nitrogen and oxygen atoms in total. The minimum absolute atomic E-state index is 0.0546. The standard InChI is InChI=1S/C18H19N7O/c1-3-24(4-2)18(26)25-8-7-12-9-14(5-6-15(12)25)22-16-13(10-19)11-21-17(20)23-16/h5-9,11H,3-4H2,1-2H3,(H3,20,21,22,23). The monoisotopic (exact) mass is 349 g/mol. The Labute approximate surface area is 150 Å². The second-order valence-corrected chi connectivity index (χ2v) is 5.64. The molecular weight excluding hydrogens is 330 g/mol. The van der Waals surface area contributed by atoms with Gasteiger partial charge in [0.2, 0.25) is 5.95 Å². The Morgan fingerprint density at radius 2 is 2.12 bits per heavy atom. The zero-order valence-corrected chi connectivity index (χ0v) is 14.6. The highest BCUT2D eigenvalue weighted by atomic mass is 16.2. The van der Waals surface area contributed by atoms with E-state index >= 15 is 0 Å². The van der Waals surface area contributed by atoms with Gasteiger partial charge in [-0.05, 0) is 38.1 Å². The summed E-state index contributed by atoms with van der Waals surface area (Å²) in [4.78, 5) is 22.2. The SMILES string of the molecule is CCN(CC)C(=O)n1ccc2cc(Nc3nc(N)ncc3C#N)ccc21. The van der Waals surface area contributed by atoms with Crippen LogP contribution in [0.2, 0.25) is 0 Å². The third kappa shape index (κ3) is 3.15. The highest BCUT2D eigenvalue weighted by molar-refractivity contribution is 5.93. The van der Waals surface area contributed by atoms with Crippen molar-refractivity contribution in [2.24, 2.45) is 0 Å². The van der Waals surface area contributed by atoms with Gasteiger partial charge in [-0.1, -0.05) is 0 Å². The molecule has 1 aromatic carbocycles. The second kappa shape index (κ2) is 7.11. The van der Waals surface area contributed by atoms with Gasteiger partial charge in [-0.2, -0.15) is 10.2 Å². The minimum Gasteiger partial charge on any atom is -0.368 e. The van der Waals surface area contributed by atoms with E-state index in [1.807, 2.05) is 44.2 Å². The van der Waals surface area contributed by atoms with Gasteiger partial charge in [0.1, 0.15) is 11.6 Å². The van der Waals surface area contributed by atoms with Gasteiger partial charge >= 0.3 is 6.03 Å². The van der Waals surface area contributed by atoms with Crippen molar-refractivity contribution < 1.29 is 4.79 Å². The molecule has 3 aromatic rings. The Hall–Kier alpha value is -3.60. The lowest BCUT2D eigenvalue weighted by molar-refractivity contribution is 0.206. The van der Waals surface area contributed by atoms with E-state index < -0.39 is 0 Å². The molecule has 0 unspecified atom stereocenters. The number of amides is 1. The first-order chi connectivity index (χ1) is 12.6. The van der Waals surface area contributed by atoms with Crippen molar-refractivity contribution in [1.82, 2.24) is 19.4 Å². The van der Waals surface area contributed by atoms with E-state index in [1.54, 1.807) is 15.7 Å². The highest BCUT2D eigenvalue weighted by Gasteiger charge is 2.14. The molecule has 1 amide bonds. The number of aromatic nitrogens is 3. The summed E-state index contributed by atoms with van der Waals surface area (Å²) in [5.41, 5.74) is 7.45. The van der Waals surface area contributed by atoms with E-state index in [2.05, 4.69) is 15.3 Å². The maximum atomic E-state index is 12.6. The molecule has 26 heavy (non-hydrogen) atoms. The van der Waals surface area contributed by atoms with E-state index in [-0.39, 0.29) is 12.0 Å². The molecular formula is C18H19N7O. The number of nitrogens with zero attached hydrogens (tertiary/aromatic N) is 5. The van der Waals surface area contributed by atoms with Crippen molar-refractivity contribution in [2.75, 3.05) is 24.1 Å². The lowest BCUT2D eigenvalue weighted by atomic mass is 10.2. The van der Waals surface area contributed by atoms with Gasteiger partial charge in [0.25, 0.3) is 0 Å². The number of hydrogen-bond acceptors (Lipinski definition) is 6. The molecule has 0 saturated heterocycles. The van der Waals surface area contributed by atoms with Gasteiger partial charge in [0, 0.05) is 30.4 Å². The largest absolute Gasteiger partial charge is 0.368 e. The van der Waals surface area contributed by atoms with E-state index in [1.165, 1.54) is 6.20 Å². The van der Waals surface area contributed by atoms with E-state index in [4.69, 9.17) is 11.0 Å². The Morgan fingerprint density at radius 1 is 1.35 bits per heavy atom. The van der Waals surface area contributed by atoms with Crippen LogP contribution in [0.15, 0.2) is 36.7 Å². The molecule has 0 radical (unpaired) electrons. The number of rotatable bonds is 4. The molecule has 8 heteroatoms. The van der Waals surface area contributed by atoms with Crippen molar-refractivity contribution in [3.63, 3.8) is 0 Å². The number of nitrogen functional groups attached to an aromatic ring is 1. The van der Waals surface area contributed by atoms with Gasteiger partial charge in [-0.25, -0.2) is 9.78 Å². The number of nitrogens with two attached hydrogens (primary N) is 1. The number of fused-ring (bicyclic) bond motifs is 1. The Kier molecular flexibility index (Phi) is 4.71. The van der Waals surface area contributed by atoms with Crippen LogP contribution < -0.4 is 11.1 Å². The van der Waals surface area contributed by atoms with Gasteiger partial charge in [-0.3, -0.25) is 4.57 Å². The van der Waals surface area contributed by atoms with Crippen LogP contribution in [0.4, 0.5) is 22.2 Å². The van der Waals surface area contributed by atoms with Crippen LogP contribution in [-0.4, -0.2) is 38.6 Å². The summed E-state index contributed by atoms with van der Waals surface area (Å²) in [6.07, 6.45) is 3.14. The zero-order chi connectivity index (χ0) is 18.7. The molecule has 132 valence electrons. The van der Waals surface area contributed by atoms with Crippen molar-refractivity contribution in [2.45, 2.75) is 13.8 Å². The lowest BCUT2D eigenvalue weighted by Crippen LogP contribution is -2.33. The zero-order valence-electron chi connectivity index (χ0n) is 14.6. The number of anilines is 3. The predicted molar refractivity (Wildman–Crippen MR) is 100 cm³/mol. The Balaban J connectivity index is 1.94. The normalized spacial score (nSPS) is 10.5. The molecule has 2 heterocycles. The fourth-order valence-electron chi connectivity index (χ4n) is 2.74. The topological polar surface area (TPSA) is 113 Å². The predicted octanol–water partition coefficient (Wildman–Crippen LogP) is 2.94. The molecule has 3 rings (SSSR count). The number of carbonyl (C=O) groups excluding carboxylic acids is 1. The van der Waals surface area contributed by atoms with Crippen LogP contribution in [0.25, 0.3) is 10.9 Å². The molecule has 0 aliphatic rings. The second-order valence-electron chi connectivity index (χ2n) is 5.64. The third-order valence-electron chi connectivity index (χ3n) is 4.12. The fourth-order valence-corrected chi connectivity index (χ4v) is 2.74. The first-order valence-electron chi connectivity index (χ1n) is 8.27. The molecule has 0 aliphatic carbocycles. The number of hydrogen-bond donors (Lipinski definition) is 2. The van der Waals surface area contributed by atoms with Crippen molar-refractivity contribution in [3.05, 3.63) is 42.2 Å². The summed E-state index contributed by atoms with van der Waals surface area (Å²) < 4.78 is 1.63. The van der Waals surface area contributed by atoms with Gasteiger partial charge in [-0.15, -0.1) is 0 Å². The van der Waals surface area contributed by atoms with Crippen molar-refractivity contribution in [3.8, 4) is 6.07 Å². The fraction of sp³-hybridized carbons (Fsp3) is 0.222. The third-order valence-corrected chi connectivity index (χ3v) is 4.12. The molecule has 0 fully saturated rings. The summed E-state index contributed by atoms with van der Waals surface area (Å²) >= 11 is 0. The average molecular weight is 349 g/mol. The minimum atomic E-state index is -0.0546. The smallest absolute Gasteiger partial charge is 0.328 e. The van der Waals surface area contributed by atoms with Gasteiger partial charge < -0.3 is 16.0 Å². The molecule has 3 N–H and O–H groups in total. The van der Waals surface area contributed by atoms with Crippen molar-refractivity contribution >= 4 is 34.4 Å². The molecule has 0 bridgehead atoms. The summed E-state index contributed by atoms with van der Waals surface area (Å²) in [7, 11) is 0. The molecule has 2 aromatic heterocycles. The number of nitrogens with one attached hydrogen (secondary N) is 1. The van der Waals surface area contributed by atoms with E-state index in [0.29, 0.717) is 24.5 Å². The van der Waals surface area contributed by atoms with E-state index in [9.17, 15) is 4.79 Å². The summed E-state index contributed by atoms with van der Waals surface area (Å²) in [5, 5.41) is 13.1. The van der Waals surface area contributed by atoms with Crippen LogP contribution in [0.3, 0.4) is 0 Å². The number of benzene rings is 1. The number of carbonyl (C=O) groups is 1. The van der Waals surface area contributed by atoms with Crippen LogP contribution >= 0.6 is 0 Å². The van der Waals surface area contributed by atoms with Crippen LogP contribution in [0.5, 0.6) is 0 Å². The lowest BCUT2D eigenvalue weighted by Gasteiger charge is -2.19. The number of nitriles is 1. The van der Waals surface area contributed by atoms with Crippen molar-refractivity contribution in [1.29, 1.82) is 5.26 Å². The maximum absolute atomic E-state index is 12.6. The van der Waals surface area contributed by atoms with Gasteiger partial charge in [0.15, 0.2) is 5.82 Å². The Morgan fingerprint density at radius 3 is 2.81 bits per heavy atom. The average Bonchev–Trinajstić information content (AvgIpc) is 3.06. The maximum Gasteiger partial charge on any atom is 0.328 e. The van der Waals surface area contributed by atoms with Gasteiger partial charge in [0.05, 0.1) is 11.7 Å². The van der Waals surface area contributed by atoms with Crippen LogP contribution in [0, 0.1) is 11.3 Å². The van der Waals surface area contributed by atoms with Crippen LogP contribution in [0.1, 0.15) is 19.4 Å².